The summed E-state index contributed by atoms with van der Waals surface area (Å²) in [6.45, 7) is 5.98. The summed E-state index contributed by atoms with van der Waals surface area (Å²) in [5.41, 5.74) is 3.64. The van der Waals surface area contributed by atoms with Crippen LogP contribution >= 0.6 is 11.8 Å². The Morgan fingerprint density at radius 2 is 1.81 bits per heavy atom. The number of benzene rings is 3. The highest BCUT2D eigenvalue weighted by Gasteiger charge is 2.36. The van der Waals surface area contributed by atoms with Gasteiger partial charge < -0.3 is 9.47 Å². The zero-order valence-corrected chi connectivity index (χ0v) is 21.2. The Morgan fingerprint density at radius 1 is 1.05 bits per heavy atom. The monoisotopic (exact) mass is 510 g/mol. The Kier molecular flexibility index (Phi) is 7.46. The van der Waals surface area contributed by atoms with Crippen molar-refractivity contribution in [2.75, 3.05) is 10.7 Å². The number of para-hydroxylation sites is 2. The maximum absolute atomic E-state index is 13.4. The molecule has 0 N–H and O–H groups in total. The number of thioether (sulfide) groups is 1. The molecule has 37 heavy (non-hydrogen) atoms. The van der Waals surface area contributed by atoms with E-state index in [9.17, 15) is 4.79 Å². The summed E-state index contributed by atoms with van der Waals surface area (Å²) in [4.78, 5) is 19.8. The van der Waals surface area contributed by atoms with E-state index in [-0.39, 0.29) is 12.3 Å². The number of anilines is 1. The van der Waals surface area contributed by atoms with E-state index >= 15 is 0 Å². The summed E-state index contributed by atoms with van der Waals surface area (Å²) in [6.07, 6.45) is 1.24. The number of hydrogen-bond donors (Lipinski definition) is 0. The fourth-order valence-electron chi connectivity index (χ4n) is 4.10. The molecule has 0 radical (unpaired) electrons. The molecule has 0 saturated carbocycles. The third kappa shape index (κ3) is 5.20. The van der Waals surface area contributed by atoms with Gasteiger partial charge in [-0.1, -0.05) is 85.4 Å². The van der Waals surface area contributed by atoms with Crippen LogP contribution in [0.5, 0.6) is 11.6 Å². The van der Waals surface area contributed by atoms with Crippen molar-refractivity contribution in [3.8, 4) is 22.9 Å². The quantitative estimate of drug-likeness (QED) is 0.205. The van der Waals surface area contributed by atoms with Gasteiger partial charge in [0.15, 0.2) is 5.69 Å². The Labute approximate surface area is 220 Å². The topological polar surface area (TPSA) is 77.4 Å². The number of carbonyl (C=O) groups excluding carboxylic acids is 1. The molecule has 0 fully saturated rings. The molecule has 1 amide bonds. The van der Waals surface area contributed by atoms with Gasteiger partial charge in [-0.2, -0.15) is 4.98 Å². The molecule has 3 aromatic carbocycles. The molecule has 0 aliphatic carbocycles. The number of amides is 1. The molecule has 0 unspecified atom stereocenters. The fraction of sp³-hybridized carbons (Fsp3) is 0.172. The largest absolute Gasteiger partial charge is 0.488 e. The van der Waals surface area contributed by atoms with Crippen LogP contribution in [0.15, 0.2) is 96.7 Å². The van der Waals surface area contributed by atoms with Gasteiger partial charge in [-0.25, -0.2) is 0 Å². The van der Waals surface area contributed by atoms with Gasteiger partial charge in [0.05, 0.1) is 11.3 Å². The number of rotatable bonds is 8. The molecule has 0 spiro atoms. The number of carbonyl (C=O) groups is 1. The van der Waals surface area contributed by atoms with Crippen molar-refractivity contribution in [1.82, 2.24) is 15.2 Å². The summed E-state index contributed by atoms with van der Waals surface area (Å²) in [5.74, 6) is 1.46. The standard InChI is InChI=1S/C29H26N4O3S/c1-3-18-37-29-30-27-26(31-32-29)21-14-8-10-16-23(21)33(25(34)4-2)28(36-27)22-15-9-11-17-24(22)35-19-20-12-6-5-7-13-20/h3,5-17,28H,1,4,18-19H2,2H3/t28-/m0/s1. The first kappa shape index (κ1) is 24.5. The summed E-state index contributed by atoms with van der Waals surface area (Å²) < 4.78 is 12.8. The molecular formula is C29H26N4O3S. The van der Waals surface area contributed by atoms with Crippen molar-refractivity contribution in [2.45, 2.75) is 31.3 Å². The second kappa shape index (κ2) is 11.3. The van der Waals surface area contributed by atoms with Crippen LogP contribution in [0.1, 0.15) is 30.7 Å². The van der Waals surface area contributed by atoms with Gasteiger partial charge in [0.2, 0.25) is 23.2 Å². The number of hydrogen-bond acceptors (Lipinski definition) is 7. The lowest BCUT2D eigenvalue weighted by atomic mass is 10.1. The molecule has 0 bridgehead atoms. The Bertz CT molecular complexity index is 1410. The van der Waals surface area contributed by atoms with Crippen molar-refractivity contribution in [2.24, 2.45) is 0 Å². The predicted molar refractivity (Wildman–Crippen MR) is 145 cm³/mol. The van der Waals surface area contributed by atoms with E-state index in [0.717, 1.165) is 11.1 Å². The van der Waals surface area contributed by atoms with E-state index in [0.29, 0.717) is 46.1 Å². The number of ether oxygens (including phenoxy) is 2. The van der Waals surface area contributed by atoms with Crippen LogP contribution in [0.4, 0.5) is 5.69 Å². The lowest BCUT2D eigenvalue weighted by molar-refractivity contribution is -0.120. The van der Waals surface area contributed by atoms with Crippen LogP contribution < -0.4 is 14.4 Å². The lowest BCUT2D eigenvalue weighted by Crippen LogP contribution is -2.37. The molecule has 1 aromatic heterocycles. The van der Waals surface area contributed by atoms with Crippen LogP contribution in [-0.2, 0) is 11.4 Å². The van der Waals surface area contributed by atoms with Crippen molar-refractivity contribution in [1.29, 1.82) is 0 Å². The van der Waals surface area contributed by atoms with Gasteiger partial charge in [0.25, 0.3) is 0 Å². The molecule has 1 atom stereocenters. The summed E-state index contributed by atoms with van der Waals surface area (Å²) in [5, 5.41) is 9.21. The van der Waals surface area contributed by atoms with E-state index < -0.39 is 6.23 Å². The van der Waals surface area contributed by atoms with Crippen molar-refractivity contribution in [3.63, 3.8) is 0 Å². The van der Waals surface area contributed by atoms with Gasteiger partial charge in [0.1, 0.15) is 12.4 Å². The van der Waals surface area contributed by atoms with Crippen molar-refractivity contribution >= 4 is 23.4 Å². The average Bonchev–Trinajstić information content (AvgIpc) is 3.09. The van der Waals surface area contributed by atoms with Gasteiger partial charge in [-0.15, -0.1) is 16.8 Å². The Hall–Kier alpha value is -4.17. The average molecular weight is 511 g/mol. The maximum atomic E-state index is 13.4. The van der Waals surface area contributed by atoms with E-state index in [2.05, 4.69) is 21.8 Å². The van der Waals surface area contributed by atoms with E-state index in [4.69, 9.17) is 9.47 Å². The SMILES string of the molecule is C=CCSc1nnc2c(n1)O[C@@H](c1ccccc1OCc1ccccc1)N(C(=O)CC)c1ccccc1-2. The molecule has 1 aliphatic heterocycles. The number of aromatic nitrogens is 3. The zero-order chi connectivity index (χ0) is 25.6. The lowest BCUT2D eigenvalue weighted by Gasteiger charge is -2.31. The minimum Gasteiger partial charge on any atom is -0.488 e. The second-order valence-corrected chi connectivity index (χ2v) is 9.25. The van der Waals surface area contributed by atoms with E-state index in [1.54, 1.807) is 11.0 Å². The van der Waals surface area contributed by atoms with Gasteiger partial charge >= 0.3 is 0 Å². The second-order valence-electron chi connectivity index (χ2n) is 8.26. The third-order valence-electron chi connectivity index (χ3n) is 5.84. The Morgan fingerprint density at radius 3 is 2.62 bits per heavy atom. The first-order chi connectivity index (χ1) is 18.2. The van der Waals surface area contributed by atoms with Gasteiger partial charge in [-0.3, -0.25) is 9.69 Å². The summed E-state index contributed by atoms with van der Waals surface area (Å²) in [6, 6.07) is 25.1. The normalized spacial score (nSPS) is 14.1. The predicted octanol–water partition coefficient (Wildman–Crippen LogP) is 6.23. The summed E-state index contributed by atoms with van der Waals surface area (Å²) >= 11 is 1.41. The fourth-order valence-corrected chi connectivity index (χ4v) is 4.61. The number of nitrogens with zero attached hydrogens (tertiary/aromatic N) is 4. The first-order valence-electron chi connectivity index (χ1n) is 12.0. The molecule has 1 aliphatic rings. The van der Waals surface area contributed by atoms with Crippen LogP contribution in [0, 0.1) is 0 Å². The van der Waals surface area contributed by atoms with Crippen LogP contribution in [-0.4, -0.2) is 26.8 Å². The molecular weight excluding hydrogens is 484 g/mol. The molecule has 8 heteroatoms. The molecule has 0 saturated heterocycles. The smallest absolute Gasteiger partial charge is 0.247 e. The van der Waals surface area contributed by atoms with Crippen LogP contribution in [0.2, 0.25) is 0 Å². The zero-order valence-electron chi connectivity index (χ0n) is 20.4. The van der Waals surface area contributed by atoms with E-state index in [1.165, 1.54) is 11.8 Å². The molecule has 186 valence electrons. The van der Waals surface area contributed by atoms with E-state index in [1.807, 2.05) is 85.8 Å². The highest BCUT2D eigenvalue weighted by Crippen LogP contribution is 2.45. The highest BCUT2D eigenvalue weighted by molar-refractivity contribution is 7.99. The third-order valence-corrected chi connectivity index (χ3v) is 6.67. The van der Waals surface area contributed by atoms with Crippen LogP contribution in [0.25, 0.3) is 11.3 Å². The summed E-state index contributed by atoms with van der Waals surface area (Å²) in [7, 11) is 0. The Balaban J connectivity index is 1.62. The maximum Gasteiger partial charge on any atom is 0.247 e. The molecule has 7 nitrogen and oxygen atoms in total. The van der Waals surface area contributed by atoms with Crippen molar-refractivity contribution in [3.05, 3.63) is 103 Å². The molecule has 5 rings (SSSR count). The van der Waals surface area contributed by atoms with Gasteiger partial charge in [-0.05, 0) is 23.8 Å². The first-order valence-corrected chi connectivity index (χ1v) is 13.0. The number of fused-ring (bicyclic) bond motifs is 3. The van der Waals surface area contributed by atoms with Crippen molar-refractivity contribution < 1.29 is 14.3 Å². The minimum absolute atomic E-state index is 0.0997. The van der Waals surface area contributed by atoms with Gasteiger partial charge in [0, 0.05) is 17.7 Å². The minimum atomic E-state index is -0.823. The molecule has 4 aromatic rings. The van der Waals surface area contributed by atoms with Crippen LogP contribution in [0.3, 0.4) is 0 Å². The highest BCUT2D eigenvalue weighted by atomic mass is 32.2. The molecule has 2 heterocycles.